The number of pyridine rings is 1. The van der Waals surface area contributed by atoms with Crippen LogP contribution in [0.5, 0.6) is 17.4 Å². The molecule has 130 valence electrons. The summed E-state index contributed by atoms with van der Waals surface area (Å²) >= 11 is 0. The average molecular weight is 342 g/mol. The number of aliphatic carboxylic acids is 1. The third-order valence-electron chi connectivity index (χ3n) is 3.13. The largest absolute Gasteiger partial charge is 0.497 e. The molecule has 0 atom stereocenters. The zero-order valence-electron chi connectivity index (χ0n) is 13.6. The number of ether oxygens (including phenoxy) is 2. The van der Waals surface area contributed by atoms with Crippen LogP contribution in [-0.4, -0.2) is 29.1 Å². The molecule has 0 aliphatic rings. The van der Waals surface area contributed by atoms with Crippen molar-refractivity contribution in [2.45, 2.75) is 13.0 Å². The lowest BCUT2D eigenvalue weighted by Gasteiger charge is -2.07. The van der Waals surface area contributed by atoms with Crippen molar-refractivity contribution in [1.29, 1.82) is 0 Å². The highest BCUT2D eigenvalue weighted by molar-refractivity contribution is 5.82. The number of nitrogens with zero attached hydrogens (tertiary/aromatic N) is 1. The second-order valence-corrected chi connectivity index (χ2v) is 5.00. The number of carboxylic acid groups (broad SMARTS) is 1. The van der Waals surface area contributed by atoms with Crippen LogP contribution in [0.25, 0.3) is 0 Å². The number of carbonyl (C=O) groups is 2. The number of aromatic nitrogens is 1. The molecule has 0 spiro atoms. The number of rotatable bonds is 8. The smallest absolute Gasteiger partial charge is 0.327 e. The third kappa shape index (κ3) is 6.34. The average Bonchev–Trinajstić information content (AvgIpc) is 2.61. The van der Waals surface area contributed by atoms with Crippen LogP contribution >= 0.6 is 0 Å². The Balaban J connectivity index is 1.82. The predicted molar refractivity (Wildman–Crippen MR) is 90.5 cm³/mol. The molecule has 0 fully saturated rings. The number of nitrogens with one attached hydrogen (secondary N) is 1. The summed E-state index contributed by atoms with van der Waals surface area (Å²) in [5.41, 5.74) is 0.803. The Morgan fingerprint density at radius 1 is 1.16 bits per heavy atom. The molecule has 25 heavy (non-hydrogen) atoms. The first-order valence-electron chi connectivity index (χ1n) is 7.50. The SMILES string of the molecule is COc1ccc(Oc2ccc(CNC(=O)C/C=C/C(=O)O)cn2)cc1. The van der Waals surface area contributed by atoms with Crippen molar-refractivity contribution in [2.75, 3.05) is 7.11 Å². The van der Waals surface area contributed by atoms with Crippen LogP contribution in [0.15, 0.2) is 54.7 Å². The quantitative estimate of drug-likeness (QED) is 0.716. The van der Waals surface area contributed by atoms with Crippen molar-refractivity contribution in [3.05, 3.63) is 60.3 Å². The van der Waals surface area contributed by atoms with Crippen LogP contribution in [0, 0.1) is 0 Å². The number of amides is 1. The maximum atomic E-state index is 11.5. The molecule has 1 amide bonds. The summed E-state index contributed by atoms with van der Waals surface area (Å²) < 4.78 is 10.7. The lowest BCUT2D eigenvalue weighted by atomic mass is 10.2. The fourth-order valence-electron chi connectivity index (χ4n) is 1.88. The molecule has 0 aliphatic carbocycles. The van der Waals surface area contributed by atoms with E-state index in [9.17, 15) is 9.59 Å². The molecule has 1 heterocycles. The fraction of sp³-hybridized carbons (Fsp3) is 0.167. The van der Waals surface area contributed by atoms with Crippen molar-refractivity contribution in [1.82, 2.24) is 10.3 Å². The van der Waals surface area contributed by atoms with Crippen molar-refractivity contribution in [3.8, 4) is 17.4 Å². The predicted octanol–water partition coefficient (Wildman–Crippen LogP) is 2.53. The Labute approximate surface area is 144 Å². The van der Waals surface area contributed by atoms with E-state index in [0.717, 1.165) is 17.4 Å². The van der Waals surface area contributed by atoms with Crippen molar-refractivity contribution < 1.29 is 24.2 Å². The summed E-state index contributed by atoms with van der Waals surface area (Å²) in [5, 5.41) is 11.1. The van der Waals surface area contributed by atoms with E-state index in [1.807, 2.05) is 0 Å². The normalized spacial score (nSPS) is 10.4. The standard InChI is InChI=1S/C18H18N2O5/c1-24-14-6-8-15(9-7-14)25-17-10-5-13(12-20-17)11-19-16(21)3-2-4-18(22)23/h2,4-10,12H,3,11H2,1H3,(H,19,21)(H,22,23)/b4-2+. The zero-order valence-corrected chi connectivity index (χ0v) is 13.6. The van der Waals surface area contributed by atoms with Gasteiger partial charge in [0.25, 0.3) is 0 Å². The second-order valence-electron chi connectivity index (χ2n) is 5.00. The van der Waals surface area contributed by atoms with Crippen LogP contribution in [0.4, 0.5) is 0 Å². The maximum Gasteiger partial charge on any atom is 0.327 e. The first kappa shape index (κ1) is 18.0. The van der Waals surface area contributed by atoms with Gasteiger partial charge in [0, 0.05) is 31.3 Å². The number of hydrogen-bond acceptors (Lipinski definition) is 5. The third-order valence-corrected chi connectivity index (χ3v) is 3.13. The molecule has 0 bridgehead atoms. The summed E-state index contributed by atoms with van der Waals surface area (Å²) in [7, 11) is 1.59. The van der Waals surface area contributed by atoms with Gasteiger partial charge in [0.05, 0.1) is 7.11 Å². The molecule has 0 saturated carbocycles. The fourth-order valence-corrected chi connectivity index (χ4v) is 1.88. The minimum absolute atomic E-state index is 0.0123. The zero-order chi connectivity index (χ0) is 18.1. The first-order valence-corrected chi connectivity index (χ1v) is 7.50. The van der Waals surface area contributed by atoms with Crippen LogP contribution in [0.3, 0.4) is 0 Å². The van der Waals surface area contributed by atoms with E-state index in [0.29, 0.717) is 18.2 Å². The molecule has 0 unspecified atom stereocenters. The molecule has 7 nitrogen and oxygen atoms in total. The monoisotopic (exact) mass is 342 g/mol. The van der Waals surface area contributed by atoms with E-state index in [1.54, 1.807) is 49.7 Å². The van der Waals surface area contributed by atoms with Gasteiger partial charge in [-0.1, -0.05) is 12.1 Å². The van der Waals surface area contributed by atoms with E-state index in [1.165, 1.54) is 6.08 Å². The molecule has 2 rings (SSSR count). The van der Waals surface area contributed by atoms with E-state index in [-0.39, 0.29) is 12.3 Å². The van der Waals surface area contributed by atoms with Crippen LogP contribution in [0.2, 0.25) is 0 Å². The van der Waals surface area contributed by atoms with Crippen molar-refractivity contribution in [3.63, 3.8) is 0 Å². The molecule has 7 heteroatoms. The summed E-state index contributed by atoms with van der Waals surface area (Å²) in [4.78, 5) is 26.0. The van der Waals surface area contributed by atoms with Crippen LogP contribution < -0.4 is 14.8 Å². The molecule has 2 N–H and O–H groups in total. The van der Waals surface area contributed by atoms with Gasteiger partial charge in [-0.15, -0.1) is 0 Å². The lowest BCUT2D eigenvalue weighted by molar-refractivity contribution is -0.131. The van der Waals surface area contributed by atoms with Gasteiger partial charge < -0.3 is 19.9 Å². The molecular weight excluding hydrogens is 324 g/mol. The van der Waals surface area contributed by atoms with E-state index < -0.39 is 5.97 Å². The summed E-state index contributed by atoms with van der Waals surface area (Å²) in [6, 6.07) is 10.6. The van der Waals surface area contributed by atoms with E-state index in [2.05, 4.69) is 10.3 Å². The Bertz CT molecular complexity index is 739. The Hall–Kier alpha value is -3.35. The molecule has 0 radical (unpaired) electrons. The van der Waals surface area contributed by atoms with Gasteiger partial charge in [-0.25, -0.2) is 9.78 Å². The van der Waals surface area contributed by atoms with Gasteiger partial charge in [-0.05, 0) is 29.8 Å². The van der Waals surface area contributed by atoms with E-state index >= 15 is 0 Å². The van der Waals surface area contributed by atoms with Gasteiger partial charge in [0.2, 0.25) is 11.8 Å². The lowest BCUT2D eigenvalue weighted by Crippen LogP contribution is -2.21. The Morgan fingerprint density at radius 3 is 2.48 bits per heavy atom. The molecule has 2 aromatic rings. The van der Waals surface area contributed by atoms with Gasteiger partial charge in [-0.2, -0.15) is 0 Å². The number of carboxylic acids is 1. The summed E-state index contributed by atoms with van der Waals surface area (Å²) in [6.45, 7) is 0.301. The maximum absolute atomic E-state index is 11.5. The highest BCUT2D eigenvalue weighted by Crippen LogP contribution is 2.22. The molecule has 1 aromatic heterocycles. The van der Waals surface area contributed by atoms with Crippen molar-refractivity contribution >= 4 is 11.9 Å². The minimum atomic E-state index is -1.08. The summed E-state index contributed by atoms with van der Waals surface area (Å²) in [6.07, 6.45) is 3.85. The van der Waals surface area contributed by atoms with Crippen LogP contribution in [-0.2, 0) is 16.1 Å². The number of hydrogen-bond donors (Lipinski definition) is 2. The van der Waals surface area contributed by atoms with E-state index in [4.69, 9.17) is 14.6 Å². The molecule has 1 aromatic carbocycles. The molecule has 0 aliphatic heterocycles. The highest BCUT2D eigenvalue weighted by atomic mass is 16.5. The first-order chi connectivity index (χ1) is 12.1. The number of carbonyl (C=O) groups excluding carboxylic acids is 1. The number of benzene rings is 1. The minimum Gasteiger partial charge on any atom is -0.497 e. The van der Waals surface area contributed by atoms with Crippen LogP contribution in [0.1, 0.15) is 12.0 Å². The highest BCUT2D eigenvalue weighted by Gasteiger charge is 2.02. The topological polar surface area (TPSA) is 97.8 Å². The Kier molecular flexibility index (Phi) is 6.53. The van der Waals surface area contributed by atoms with Gasteiger partial charge in [-0.3, -0.25) is 4.79 Å². The number of methoxy groups -OCH3 is 1. The molecule has 0 saturated heterocycles. The molecular formula is C18H18N2O5. The van der Waals surface area contributed by atoms with Gasteiger partial charge in [0.1, 0.15) is 11.5 Å². The Morgan fingerprint density at radius 2 is 1.88 bits per heavy atom. The van der Waals surface area contributed by atoms with Gasteiger partial charge in [0.15, 0.2) is 0 Å². The van der Waals surface area contributed by atoms with Crippen molar-refractivity contribution in [2.24, 2.45) is 0 Å². The summed E-state index contributed by atoms with van der Waals surface area (Å²) in [5.74, 6) is 0.467. The van der Waals surface area contributed by atoms with Gasteiger partial charge >= 0.3 is 5.97 Å². The second kappa shape index (κ2) is 9.07.